The molecule has 1 saturated heterocycles. The Labute approximate surface area is 143 Å². The topological polar surface area (TPSA) is 66.9 Å². The van der Waals surface area contributed by atoms with E-state index >= 15 is 0 Å². The monoisotopic (exact) mass is 331 g/mol. The minimum Gasteiger partial charge on any atom is -0.497 e. The van der Waals surface area contributed by atoms with Crippen LogP contribution in [0.15, 0.2) is 18.2 Å². The van der Waals surface area contributed by atoms with Gasteiger partial charge in [0.05, 0.1) is 31.9 Å². The molecule has 0 spiro atoms. The van der Waals surface area contributed by atoms with Gasteiger partial charge in [0.2, 0.25) is 0 Å². The van der Waals surface area contributed by atoms with Gasteiger partial charge in [-0.05, 0) is 31.0 Å². The lowest BCUT2D eigenvalue weighted by atomic mass is 9.66. The van der Waals surface area contributed by atoms with Crippen LogP contribution in [0.2, 0.25) is 0 Å². The van der Waals surface area contributed by atoms with E-state index in [1.807, 2.05) is 18.2 Å². The molecule has 0 aromatic heterocycles. The first-order valence-corrected chi connectivity index (χ1v) is 8.79. The predicted molar refractivity (Wildman–Crippen MR) is 90.1 cm³/mol. The number of hydrogen-bond donors (Lipinski definition) is 2. The molecule has 2 fully saturated rings. The largest absolute Gasteiger partial charge is 0.497 e. The van der Waals surface area contributed by atoms with Gasteiger partial charge in [-0.25, -0.2) is 0 Å². The van der Waals surface area contributed by atoms with Crippen molar-refractivity contribution in [2.24, 2.45) is 5.92 Å². The minimum absolute atomic E-state index is 0.0637. The second kappa shape index (κ2) is 7.00. The number of ether oxygens (including phenoxy) is 2. The molecular formula is C19H27N2O3+. The summed E-state index contributed by atoms with van der Waals surface area (Å²) in [7, 11) is 3.33. The van der Waals surface area contributed by atoms with E-state index < -0.39 is 5.60 Å². The number of quaternary nitrogens is 1. The van der Waals surface area contributed by atoms with E-state index in [1.165, 1.54) is 4.90 Å². The second-order valence-corrected chi connectivity index (χ2v) is 7.03. The Bertz CT molecular complexity index is 628. The lowest BCUT2D eigenvalue weighted by Crippen LogP contribution is -3.15. The van der Waals surface area contributed by atoms with E-state index in [0.29, 0.717) is 6.54 Å². The summed E-state index contributed by atoms with van der Waals surface area (Å²) in [5.41, 5.74) is 0.433. The number of hydrogen-bond acceptors (Lipinski definition) is 4. The summed E-state index contributed by atoms with van der Waals surface area (Å²) >= 11 is 0. The maximum atomic E-state index is 11.2. The lowest BCUT2D eigenvalue weighted by Gasteiger charge is -2.49. The molecular weight excluding hydrogens is 304 g/mol. The normalized spacial score (nSPS) is 32.5. The van der Waals surface area contributed by atoms with Gasteiger partial charge >= 0.3 is 0 Å². The van der Waals surface area contributed by atoms with E-state index in [2.05, 4.69) is 6.07 Å². The van der Waals surface area contributed by atoms with Crippen molar-refractivity contribution >= 4 is 0 Å². The van der Waals surface area contributed by atoms with Crippen molar-refractivity contribution in [3.05, 3.63) is 23.8 Å². The van der Waals surface area contributed by atoms with Crippen LogP contribution in [0.1, 0.15) is 43.7 Å². The quantitative estimate of drug-likeness (QED) is 0.820. The van der Waals surface area contributed by atoms with Crippen molar-refractivity contribution in [1.29, 1.82) is 5.26 Å². The summed E-state index contributed by atoms with van der Waals surface area (Å²) in [6.07, 6.45) is 4.85. The average Bonchev–Trinajstić information content (AvgIpc) is 2.61. The molecule has 1 aliphatic carbocycles. The third-order valence-electron chi connectivity index (χ3n) is 5.86. The highest BCUT2D eigenvalue weighted by molar-refractivity contribution is 5.42. The Morgan fingerprint density at radius 1 is 1.29 bits per heavy atom. The first-order chi connectivity index (χ1) is 11.6. The van der Waals surface area contributed by atoms with Crippen molar-refractivity contribution in [3.8, 4) is 17.6 Å². The summed E-state index contributed by atoms with van der Waals surface area (Å²) in [4.78, 5) is 1.22. The van der Waals surface area contributed by atoms with Crippen LogP contribution < -0.4 is 14.4 Å². The second-order valence-electron chi connectivity index (χ2n) is 7.03. The zero-order valence-corrected chi connectivity index (χ0v) is 14.5. The molecule has 1 aromatic carbocycles. The maximum Gasteiger partial charge on any atom is 0.165 e. The third kappa shape index (κ3) is 2.97. The van der Waals surface area contributed by atoms with E-state index in [-0.39, 0.29) is 12.0 Å². The summed E-state index contributed by atoms with van der Waals surface area (Å²) in [5.74, 6) is 1.75. The fourth-order valence-electron chi connectivity index (χ4n) is 4.67. The molecule has 1 unspecified atom stereocenters. The van der Waals surface area contributed by atoms with E-state index in [9.17, 15) is 10.4 Å². The molecule has 5 nitrogen and oxygen atoms in total. The lowest BCUT2D eigenvalue weighted by molar-refractivity contribution is -0.938. The first-order valence-electron chi connectivity index (χ1n) is 8.79. The highest BCUT2D eigenvalue weighted by atomic mass is 16.5. The van der Waals surface area contributed by atoms with Crippen LogP contribution >= 0.6 is 0 Å². The van der Waals surface area contributed by atoms with Crippen LogP contribution in [-0.2, 0) is 0 Å². The van der Waals surface area contributed by atoms with Crippen LogP contribution in [0.25, 0.3) is 0 Å². The van der Waals surface area contributed by atoms with Crippen molar-refractivity contribution in [2.45, 2.75) is 43.7 Å². The number of benzene rings is 1. The fraction of sp³-hybridized carbons (Fsp3) is 0.632. The van der Waals surface area contributed by atoms with Crippen molar-refractivity contribution in [1.82, 2.24) is 0 Å². The fourth-order valence-corrected chi connectivity index (χ4v) is 4.67. The van der Waals surface area contributed by atoms with Crippen LogP contribution in [0, 0.1) is 17.2 Å². The van der Waals surface area contributed by atoms with Gasteiger partial charge < -0.3 is 19.5 Å². The number of likely N-dealkylation sites (tertiary alicyclic amines) is 1. The van der Waals surface area contributed by atoms with E-state index in [1.54, 1.807) is 14.2 Å². The predicted octanol–water partition coefficient (Wildman–Crippen LogP) is 1.48. The molecule has 4 atom stereocenters. The van der Waals surface area contributed by atoms with Gasteiger partial charge in [-0.2, -0.15) is 5.26 Å². The van der Waals surface area contributed by atoms with Gasteiger partial charge in [0.15, 0.2) is 6.54 Å². The standard InChI is InChI=1S/C19H26N2O3/c1-23-14-6-7-17(24-2)15(13-14)18-16-5-3-4-8-19(16,22)9-11-21(18)12-10-20/h6-7,13,16,18,22H,3-5,8-9,11-12H2,1-2H3/p+1/t16-,18-,19-/m0/s1. The Morgan fingerprint density at radius 2 is 2.12 bits per heavy atom. The number of nitriles is 1. The van der Waals surface area contributed by atoms with Gasteiger partial charge in [-0.3, -0.25) is 0 Å². The highest BCUT2D eigenvalue weighted by Crippen LogP contribution is 2.46. The molecule has 1 heterocycles. The van der Waals surface area contributed by atoms with Crippen molar-refractivity contribution in [3.63, 3.8) is 0 Å². The summed E-state index contributed by atoms with van der Waals surface area (Å²) in [5, 5.41) is 20.5. The molecule has 130 valence electrons. The van der Waals surface area contributed by atoms with E-state index in [4.69, 9.17) is 9.47 Å². The summed E-state index contributed by atoms with van der Waals surface area (Å²) in [6.45, 7) is 1.25. The molecule has 1 saturated carbocycles. The molecule has 0 amide bonds. The molecule has 1 aliphatic heterocycles. The minimum atomic E-state index is -0.615. The molecule has 3 rings (SSSR count). The number of rotatable bonds is 4. The zero-order chi connectivity index (χ0) is 17.2. The number of piperidine rings is 1. The Morgan fingerprint density at radius 3 is 2.83 bits per heavy atom. The maximum absolute atomic E-state index is 11.2. The van der Waals surface area contributed by atoms with Gasteiger partial charge in [0, 0.05) is 12.3 Å². The number of aliphatic hydroxyl groups is 1. The van der Waals surface area contributed by atoms with Crippen LogP contribution in [0.3, 0.4) is 0 Å². The van der Waals surface area contributed by atoms with Gasteiger partial charge in [-0.15, -0.1) is 0 Å². The van der Waals surface area contributed by atoms with Crippen LogP contribution in [0.5, 0.6) is 11.5 Å². The third-order valence-corrected chi connectivity index (χ3v) is 5.86. The van der Waals surface area contributed by atoms with Crippen LogP contribution in [0.4, 0.5) is 0 Å². The number of fused-ring (bicyclic) bond motifs is 1. The van der Waals surface area contributed by atoms with Crippen molar-refractivity contribution in [2.75, 3.05) is 27.3 Å². The molecule has 5 heteroatoms. The molecule has 0 radical (unpaired) electrons. The molecule has 0 bridgehead atoms. The summed E-state index contributed by atoms with van der Waals surface area (Å²) < 4.78 is 11.0. The Balaban J connectivity index is 2.07. The SMILES string of the molecule is COc1ccc(OC)c([C@H]2[C@@H]3CCCC[C@]3(O)CC[NH+]2CC#N)c1. The highest BCUT2D eigenvalue weighted by Gasteiger charge is 2.52. The Kier molecular flexibility index (Phi) is 4.98. The number of nitrogens with zero attached hydrogens (tertiary/aromatic N) is 1. The molecule has 2 aliphatic rings. The average molecular weight is 331 g/mol. The summed E-state index contributed by atoms with van der Waals surface area (Å²) in [6, 6.07) is 8.22. The van der Waals surface area contributed by atoms with Crippen LogP contribution in [-0.4, -0.2) is 38.0 Å². The smallest absolute Gasteiger partial charge is 0.165 e. The zero-order valence-electron chi connectivity index (χ0n) is 14.5. The van der Waals surface area contributed by atoms with Gasteiger partial charge in [0.1, 0.15) is 23.6 Å². The first kappa shape index (κ1) is 17.1. The van der Waals surface area contributed by atoms with Gasteiger partial charge in [-0.1, -0.05) is 12.8 Å². The molecule has 2 N–H and O–H groups in total. The number of methoxy groups -OCH3 is 2. The molecule has 1 aromatic rings. The number of nitrogens with one attached hydrogen (secondary N) is 1. The van der Waals surface area contributed by atoms with E-state index in [0.717, 1.165) is 55.7 Å². The van der Waals surface area contributed by atoms with Gasteiger partial charge in [0.25, 0.3) is 0 Å². The molecule has 24 heavy (non-hydrogen) atoms. The van der Waals surface area contributed by atoms with Crippen molar-refractivity contribution < 1.29 is 19.5 Å². The Hall–Kier alpha value is -1.77.